The molecule has 1 aromatic carbocycles. The average molecular weight is 343 g/mol. The van der Waals surface area contributed by atoms with Gasteiger partial charge in [-0.05, 0) is 18.2 Å². The van der Waals surface area contributed by atoms with Gasteiger partial charge in [-0.2, -0.15) is 0 Å². The summed E-state index contributed by atoms with van der Waals surface area (Å²) in [6, 6.07) is 5.74. The van der Waals surface area contributed by atoms with Gasteiger partial charge in [-0.3, -0.25) is 9.36 Å². The van der Waals surface area contributed by atoms with Gasteiger partial charge in [-0.25, -0.2) is 4.98 Å². The van der Waals surface area contributed by atoms with E-state index in [2.05, 4.69) is 48.0 Å². The van der Waals surface area contributed by atoms with Crippen molar-refractivity contribution in [3.63, 3.8) is 0 Å². The van der Waals surface area contributed by atoms with Gasteiger partial charge in [-0.15, -0.1) is 0 Å². The van der Waals surface area contributed by atoms with Gasteiger partial charge in [0.1, 0.15) is 5.82 Å². The SMILES string of the molecule is CC1(C)c2nc3cc(Br)ccc3c(=O)n2C2C=CC=CC21. The van der Waals surface area contributed by atoms with Gasteiger partial charge in [0.05, 0.1) is 16.9 Å². The van der Waals surface area contributed by atoms with Crippen molar-refractivity contribution in [2.45, 2.75) is 25.3 Å². The van der Waals surface area contributed by atoms with Crippen LogP contribution in [0.25, 0.3) is 10.9 Å². The second kappa shape index (κ2) is 4.17. The van der Waals surface area contributed by atoms with Crippen molar-refractivity contribution in [2.75, 3.05) is 0 Å². The maximum Gasteiger partial charge on any atom is 0.261 e. The minimum Gasteiger partial charge on any atom is -0.288 e. The lowest BCUT2D eigenvalue weighted by Crippen LogP contribution is -2.25. The molecular weight excluding hydrogens is 328 g/mol. The number of rotatable bonds is 0. The van der Waals surface area contributed by atoms with Gasteiger partial charge in [-0.1, -0.05) is 54.1 Å². The Morgan fingerprint density at radius 3 is 2.81 bits per heavy atom. The maximum absolute atomic E-state index is 12.9. The van der Waals surface area contributed by atoms with Crippen LogP contribution < -0.4 is 5.56 Å². The van der Waals surface area contributed by atoms with E-state index in [0.717, 1.165) is 15.8 Å². The van der Waals surface area contributed by atoms with Crippen molar-refractivity contribution in [2.24, 2.45) is 5.92 Å². The molecule has 0 saturated carbocycles. The fourth-order valence-corrected chi connectivity index (χ4v) is 3.91. The molecule has 3 nitrogen and oxygen atoms in total. The monoisotopic (exact) mass is 342 g/mol. The molecule has 0 bridgehead atoms. The molecule has 4 rings (SSSR count). The van der Waals surface area contributed by atoms with Crippen LogP contribution in [0.15, 0.2) is 51.8 Å². The van der Waals surface area contributed by atoms with Crippen LogP contribution >= 0.6 is 15.9 Å². The van der Waals surface area contributed by atoms with Crippen molar-refractivity contribution >= 4 is 26.8 Å². The summed E-state index contributed by atoms with van der Waals surface area (Å²) in [5, 5.41) is 0.682. The number of benzene rings is 1. The fraction of sp³-hybridized carbons (Fsp3) is 0.294. The Morgan fingerprint density at radius 2 is 2.00 bits per heavy atom. The zero-order valence-electron chi connectivity index (χ0n) is 11.9. The first-order valence-corrected chi connectivity index (χ1v) is 7.87. The van der Waals surface area contributed by atoms with E-state index in [0.29, 0.717) is 5.39 Å². The summed E-state index contributed by atoms with van der Waals surface area (Å²) in [7, 11) is 0. The van der Waals surface area contributed by atoms with Gasteiger partial charge < -0.3 is 0 Å². The first-order chi connectivity index (χ1) is 10.00. The highest BCUT2D eigenvalue weighted by Gasteiger charge is 2.46. The number of nitrogens with zero attached hydrogens (tertiary/aromatic N) is 2. The van der Waals surface area contributed by atoms with Gasteiger partial charge in [0.15, 0.2) is 0 Å². The van der Waals surface area contributed by atoms with E-state index < -0.39 is 0 Å². The lowest BCUT2D eigenvalue weighted by Gasteiger charge is -2.26. The van der Waals surface area contributed by atoms with Crippen LogP contribution in [-0.4, -0.2) is 9.55 Å². The molecule has 1 aliphatic carbocycles. The molecule has 2 aliphatic rings. The molecule has 0 saturated heterocycles. The first kappa shape index (κ1) is 13.0. The minimum atomic E-state index is -0.151. The normalized spacial score (nSPS) is 25.1. The van der Waals surface area contributed by atoms with E-state index >= 15 is 0 Å². The third-order valence-electron chi connectivity index (χ3n) is 4.68. The van der Waals surface area contributed by atoms with Crippen molar-refractivity contribution in [1.29, 1.82) is 0 Å². The Kier molecular flexibility index (Phi) is 2.58. The molecule has 2 aromatic rings. The smallest absolute Gasteiger partial charge is 0.261 e. The Bertz CT molecular complexity index is 876. The number of aromatic nitrogens is 2. The van der Waals surface area contributed by atoms with Gasteiger partial charge in [0.2, 0.25) is 0 Å². The molecule has 106 valence electrons. The highest BCUT2D eigenvalue weighted by atomic mass is 79.9. The number of allylic oxidation sites excluding steroid dienone is 4. The van der Waals surface area contributed by atoms with Gasteiger partial charge in [0, 0.05) is 15.8 Å². The van der Waals surface area contributed by atoms with E-state index in [1.54, 1.807) is 0 Å². The van der Waals surface area contributed by atoms with Crippen molar-refractivity contribution in [3.8, 4) is 0 Å². The number of fused-ring (bicyclic) bond motifs is 4. The number of hydrogen-bond donors (Lipinski definition) is 0. The van der Waals surface area contributed by atoms with Crippen molar-refractivity contribution in [3.05, 3.63) is 63.2 Å². The molecule has 0 amide bonds. The molecule has 1 aromatic heterocycles. The summed E-state index contributed by atoms with van der Waals surface area (Å²) < 4.78 is 2.82. The molecule has 2 unspecified atom stereocenters. The zero-order valence-corrected chi connectivity index (χ0v) is 13.5. The number of halogens is 1. The summed E-state index contributed by atoms with van der Waals surface area (Å²) in [5.41, 5.74) is 0.671. The summed E-state index contributed by atoms with van der Waals surface area (Å²) in [6.07, 6.45) is 8.39. The van der Waals surface area contributed by atoms with Crippen LogP contribution in [0.5, 0.6) is 0 Å². The van der Waals surface area contributed by atoms with Gasteiger partial charge in [0.25, 0.3) is 5.56 Å². The third-order valence-corrected chi connectivity index (χ3v) is 5.17. The first-order valence-electron chi connectivity index (χ1n) is 7.07. The van der Waals surface area contributed by atoms with E-state index in [1.807, 2.05) is 28.8 Å². The lowest BCUT2D eigenvalue weighted by atomic mass is 9.76. The highest BCUT2D eigenvalue weighted by molar-refractivity contribution is 9.10. The zero-order chi connectivity index (χ0) is 14.8. The molecule has 4 heteroatoms. The summed E-state index contributed by atoms with van der Waals surface area (Å²) in [4.78, 5) is 17.7. The molecule has 21 heavy (non-hydrogen) atoms. The second-order valence-corrected chi connectivity index (χ2v) is 7.20. The van der Waals surface area contributed by atoms with E-state index in [-0.39, 0.29) is 22.9 Å². The van der Waals surface area contributed by atoms with E-state index in [9.17, 15) is 4.79 Å². The predicted molar refractivity (Wildman–Crippen MR) is 87.5 cm³/mol. The third kappa shape index (κ3) is 1.65. The largest absolute Gasteiger partial charge is 0.288 e. The molecule has 0 fully saturated rings. The summed E-state index contributed by atoms with van der Waals surface area (Å²) in [5.74, 6) is 1.16. The Hall–Kier alpha value is -1.68. The van der Waals surface area contributed by atoms with Crippen LogP contribution in [0, 0.1) is 5.92 Å². The molecule has 0 spiro atoms. The Labute approximate surface area is 131 Å². The summed E-state index contributed by atoms with van der Waals surface area (Å²) >= 11 is 3.46. The Morgan fingerprint density at radius 1 is 1.24 bits per heavy atom. The predicted octanol–water partition coefficient (Wildman–Crippen LogP) is 3.73. The van der Waals surface area contributed by atoms with E-state index in [1.165, 1.54) is 0 Å². The average Bonchev–Trinajstić information content (AvgIpc) is 2.68. The molecule has 0 N–H and O–H groups in total. The van der Waals surface area contributed by atoms with Crippen molar-refractivity contribution < 1.29 is 0 Å². The summed E-state index contributed by atoms with van der Waals surface area (Å²) in [6.45, 7) is 4.34. The molecule has 2 heterocycles. The Balaban J connectivity index is 2.12. The topological polar surface area (TPSA) is 34.9 Å². The molecule has 0 radical (unpaired) electrons. The molecule has 1 aliphatic heterocycles. The van der Waals surface area contributed by atoms with Crippen LogP contribution in [-0.2, 0) is 5.41 Å². The van der Waals surface area contributed by atoms with E-state index in [4.69, 9.17) is 4.98 Å². The highest BCUT2D eigenvalue weighted by Crippen LogP contribution is 2.47. The standard InChI is InChI=1S/C17H15BrN2O/c1-17(2)12-5-3-4-6-14(12)20-15(21)11-8-7-10(18)9-13(11)19-16(17)20/h3-9,12,14H,1-2H3. The number of hydrogen-bond acceptors (Lipinski definition) is 2. The van der Waals surface area contributed by atoms with Crippen LogP contribution in [0.4, 0.5) is 0 Å². The quantitative estimate of drug-likeness (QED) is 0.731. The molecule has 2 atom stereocenters. The van der Waals surface area contributed by atoms with Crippen LogP contribution in [0.1, 0.15) is 25.7 Å². The second-order valence-electron chi connectivity index (χ2n) is 6.28. The van der Waals surface area contributed by atoms with Crippen LogP contribution in [0.3, 0.4) is 0 Å². The van der Waals surface area contributed by atoms with Crippen molar-refractivity contribution in [1.82, 2.24) is 9.55 Å². The minimum absolute atomic E-state index is 0.0584. The van der Waals surface area contributed by atoms with Crippen LogP contribution in [0.2, 0.25) is 0 Å². The lowest BCUT2D eigenvalue weighted by molar-refractivity contribution is 0.376. The molecular formula is C17H15BrN2O. The fourth-order valence-electron chi connectivity index (χ4n) is 3.56. The van der Waals surface area contributed by atoms with Gasteiger partial charge >= 0.3 is 0 Å². The maximum atomic E-state index is 12.9.